The van der Waals surface area contributed by atoms with Gasteiger partial charge in [0.2, 0.25) is 5.90 Å². The van der Waals surface area contributed by atoms with E-state index in [0.717, 1.165) is 57.3 Å². The molecule has 2 aliphatic rings. The monoisotopic (exact) mass is 245 g/mol. The quantitative estimate of drug-likeness (QED) is 0.858. The molecule has 0 atom stereocenters. The van der Waals surface area contributed by atoms with Crippen molar-refractivity contribution in [3.63, 3.8) is 0 Å². The van der Waals surface area contributed by atoms with Crippen LogP contribution in [0.1, 0.15) is 11.1 Å². The number of nitrogens with one attached hydrogen (secondary N) is 1. The van der Waals surface area contributed by atoms with Gasteiger partial charge in [-0.2, -0.15) is 0 Å². The van der Waals surface area contributed by atoms with Gasteiger partial charge in [0.25, 0.3) is 0 Å². The fourth-order valence-electron chi connectivity index (χ4n) is 2.44. The Morgan fingerprint density at radius 1 is 1.28 bits per heavy atom. The van der Waals surface area contributed by atoms with Crippen LogP contribution in [0.25, 0.3) is 0 Å². The van der Waals surface area contributed by atoms with E-state index in [0.29, 0.717) is 0 Å². The van der Waals surface area contributed by atoms with E-state index in [-0.39, 0.29) is 0 Å². The minimum atomic E-state index is 0.720. The normalized spacial score (nSPS) is 20.6. The van der Waals surface area contributed by atoms with Gasteiger partial charge in [-0.25, -0.2) is 4.99 Å². The molecule has 3 rings (SSSR count). The van der Waals surface area contributed by atoms with Crippen molar-refractivity contribution in [3.8, 4) is 0 Å². The molecule has 18 heavy (non-hydrogen) atoms. The van der Waals surface area contributed by atoms with Crippen molar-refractivity contribution < 1.29 is 4.74 Å². The first-order valence-electron chi connectivity index (χ1n) is 6.61. The second-order valence-corrected chi connectivity index (χ2v) is 4.76. The zero-order valence-corrected chi connectivity index (χ0v) is 10.6. The highest BCUT2D eigenvalue weighted by Gasteiger charge is 2.13. The van der Waals surface area contributed by atoms with Crippen LogP contribution in [0.5, 0.6) is 0 Å². The Kier molecular flexibility index (Phi) is 3.57. The number of nitrogens with zero attached hydrogens (tertiary/aromatic N) is 2. The molecule has 2 heterocycles. The highest BCUT2D eigenvalue weighted by molar-refractivity contribution is 5.95. The van der Waals surface area contributed by atoms with Crippen molar-refractivity contribution in [2.45, 2.75) is 6.54 Å². The van der Waals surface area contributed by atoms with Gasteiger partial charge in [-0.15, -0.1) is 0 Å². The van der Waals surface area contributed by atoms with E-state index in [1.165, 1.54) is 5.56 Å². The molecule has 0 unspecified atom stereocenters. The van der Waals surface area contributed by atoms with E-state index in [4.69, 9.17) is 4.74 Å². The van der Waals surface area contributed by atoms with E-state index in [9.17, 15) is 0 Å². The van der Waals surface area contributed by atoms with Gasteiger partial charge in [0.1, 0.15) is 6.61 Å². The number of hydrogen-bond acceptors (Lipinski definition) is 4. The first-order chi connectivity index (χ1) is 8.92. The van der Waals surface area contributed by atoms with Crippen molar-refractivity contribution >= 4 is 5.90 Å². The predicted molar refractivity (Wildman–Crippen MR) is 71.9 cm³/mol. The summed E-state index contributed by atoms with van der Waals surface area (Å²) in [6, 6.07) is 8.55. The minimum absolute atomic E-state index is 0.720. The van der Waals surface area contributed by atoms with Gasteiger partial charge in [-0.1, -0.05) is 12.1 Å². The average Bonchev–Trinajstić information content (AvgIpc) is 2.94. The van der Waals surface area contributed by atoms with Crippen LogP contribution < -0.4 is 5.32 Å². The lowest BCUT2D eigenvalue weighted by atomic mass is 10.1. The zero-order valence-electron chi connectivity index (χ0n) is 10.6. The molecule has 96 valence electrons. The number of ether oxygens (including phenoxy) is 1. The molecule has 0 amide bonds. The molecule has 0 bridgehead atoms. The minimum Gasteiger partial charge on any atom is -0.476 e. The third kappa shape index (κ3) is 2.71. The van der Waals surface area contributed by atoms with E-state index in [1.807, 2.05) is 0 Å². The molecule has 4 heteroatoms. The molecule has 1 aromatic carbocycles. The van der Waals surface area contributed by atoms with Gasteiger partial charge in [0, 0.05) is 38.3 Å². The number of aliphatic imine (C=N–C) groups is 1. The zero-order chi connectivity index (χ0) is 12.2. The number of rotatable bonds is 3. The lowest BCUT2D eigenvalue weighted by molar-refractivity contribution is 0.233. The van der Waals surface area contributed by atoms with Crippen LogP contribution in [0.2, 0.25) is 0 Å². The standard InChI is InChI=1S/C14H19N3O/c1-2-12(11-17-7-4-15-5-8-17)10-13(3-1)14-16-6-9-18-14/h1-3,10,15H,4-9,11H2. The summed E-state index contributed by atoms with van der Waals surface area (Å²) in [5.74, 6) is 0.803. The lowest BCUT2D eigenvalue weighted by Crippen LogP contribution is -2.42. The maximum atomic E-state index is 5.51. The Labute approximate surface area is 108 Å². The molecule has 2 aliphatic heterocycles. The molecular formula is C14H19N3O. The third-order valence-electron chi connectivity index (χ3n) is 3.38. The smallest absolute Gasteiger partial charge is 0.216 e. The molecule has 0 spiro atoms. The lowest BCUT2D eigenvalue weighted by Gasteiger charge is -2.27. The van der Waals surface area contributed by atoms with Gasteiger partial charge >= 0.3 is 0 Å². The average molecular weight is 245 g/mol. The van der Waals surface area contributed by atoms with Crippen LogP contribution in [0.3, 0.4) is 0 Å². The summed E-state index contributed by atoms with van der Waals surface area (Å²) in [5.41, 5.74) is 2.45. The maximum Gasteiger partial charge on any atom is 0.216 e. The summed E-state index contributed by atoms with van der Waals surface area (Å²) in [6.45, 7) is 6.96. The fraction of sp³-hybridized carbons (Fsp3) is 0.500. The van der Waals surface area contributed by atoms with Gasteiger partial charge < -0.3 is 10.1 Å². The fourth-order valence-corrected chi connectivity index (χ4v) is 2.44. The van der Waals surface area contributed by atoms with Crippen LogP contribution in [-0.2, 0) is 11.3 Å². The van der Waals surface area contributed by atoms with Gasteiger partial charge in [-0.3, -0.25) is 4.90 Å². The van der Waals surface area contributed by atoms with E-state index >= 15 is 0 Å². The SMILES string of the molecule is c1cc(CN2CCNCC2)cc(C2=NCCO2)c1. The molecule has 0 saturated carbocycles. The molecule has 0 aromatic heterocycles. The third-order valence-corrected chi connectivity index (χ3v) is 3.38. The Morgan fingerprint density at radius 2 is 2.17 bits per heavy atom. The van der Waals surface area contributed by atoms with Gasteiger partial charge in [0.05, 0.1) is 6.54 Å². The summed E-state index contributed by atoms with van der Waals surface area (Å²) in [7, 11) is 0. The first kappa shape index (κ1) is 11.7. The summed E-state index contributed by atoms with van der Waals surface area (Å²) >= 11 is 0. The van der Waals surface area contributed by atoms with Gasteiger partial charge in [-0.05, 0) is 17.7 Å². The van der Waals surface area contributed by atoms with Crippen molar-refractivity contribution in [1.29, 1.82) is 0 Å². The summed E-state index contributed by atoms with van der Waals surface area (Å²) in [6.07, 6.45) is 0. The van der Waals surface area contributed by atoms with Gasteiger partial charge in [0.15, 0.2) is 0 Å². The molecule has 0 radical (unpaired) electrons. The first-order valence-corrected chi connectivity index (χ1v) is 6.61. The summed E-state index contributed by atoms with van der Waals surface area (Å²) in [4.78, 5) is 6.84. The Hall–Kier alpha value is -1.39. The van der Waals surface area contributed by atoms with Crippen LogP contribution in [0.15, 0.2) is 29.3 Å². The predicted octanol–water partition coefficient (Wildman–Crippen LogP) is 0.869. The number of benzene rings is 1. The molecule has 1 saturated heterocycles. The van der Waals surface area contributed by atoms with E-state index in [2.05, 4.69) is 39.5 Å². The van der Waals surface area contributed by atoms with Crippen LogP contribution in [0, 0.1) is 0 Å². The topological polar surface area (TPSA) is 36.9 Å². The van der Waals surface area contributed by atoms with Crippen molar-refractivity contribution in [2.75, 3.05) is 39.3 Å². The van der Waals surface area contributed by atoms with E-state index < -0.39 is 0 Å². The highest BCUT2D eigenvalue weighted by atomic mass is 16.5. The summed E-state index contributed by atoms with van der Waals surface area (Å²) in [5, 5.41) is 3.38. The van der Waals surface area contributed by atoms with Crippen molar-refractivity contribution in [2.24, 2.45) is 4.99 Å². The Bertz CT molecular complexity index is 438. The van der Waals surface area contributed by atoms with Crippen LogP contribution >= 0.6 is 0 Å². The Morgan fingerprint density at radius 3 is 2.94 bits per heavy atom. The largest absolute Gasteiger partial charge is 0.476 e. The molecular weight excluding hydrogens is 226 g/mol. The van der Waals surface area contributed by atoms with Crippen molar-refractivity contribution in [3.05, 3.63) is 35.4 Å². The van der Waals surface area contributed by atoms with Crippen LogP contribution in [0.4, 0.5) is 0 Å². The molecule has 1 aromatic rings. The number of hydrogen-bond donors (Lipinski definition) is 1. The van der Waals surface area contributed by atoms with Crippen LogP contribution in [-0.4, -0.2) is 50.1 Å². The molecule has 0 aliphatic carbocycles. The molecule has 1 fully saturated rings. The Balaban J connectivity index is 1.70. The highest BCUT2D eigenvalue weighted by Crippen LogP contribution is 2.12. The second kappa shape index (κ2) is 5.50. The van der Waals surface area contributed by atoms with E-state index in [1.54, 1.807) is 0 Å². The molecule has 4 nitrogen and oxygen atoms in total. The summed E-state index contributed by atoms with van der Waals surface area (Å²) < 4.78 is 5.51. The molecule has 1 N–H and O–H groups in total. The second-order valence-electron chi connectivity index (χ2n) is 4.76. The van der Waals surface area contributed by atoms with Crippen molar-refractivity contribution in [1.82, 2.24) is 10.2 Å². The number of piperazine rings is 1. The maximum absolute atomic E-state index is 5.51.